The smallest absolute Gasteiger partial charge is 0.289 e. The molecule has 2 aromatic rings. The normalized spacial score (nSPS) is 16.9. The van der Waals surface area contributed by atoms with Crippen molar-refractivity contribution < 1.29 is 4.79 Å². The molecule has 2 aliphatic rings. The van der Waals surface area contributed by atoms with Crippen molar-refractivity contribution in [1.82, 2.24) is 25.2 Å². The summed E-state index contributed by atoms with van der Waals surface area (Å²) < 4.78 is 0. The number of carbonyl (C=O) groups is 1. The van der Waals surface area contributed by atoms with Crippen LogP contribution in [-0.4, -0.2) is 77.8 Å². The molecule has 0 atom stereocenters. The molecular weight excluding hydrogens is 416 g/mol. The number of aromatic nitrogens is 3. The Kier molecular flexibility index (Phi) is 7.83. The molecule has 0 saturated carbocycles. The minimum absolute atomic E-state index is 0.122. The maximum absolute atomic E-state index is 12.3. The van der Waals surface area contributed by atoms with E-state index in [0.717, 1.165) is 38.5 Å². The van der Waals surface area contributed by atoms with Crippen LogP contribution >= 0.6 is 0 Å². The SMILES string of the molecule is CNc1nc(N2CCCCCC2)ccc1C(=N)c1cnc(C(=O)NCCN2CCCC2)nc1. The van der Waals surface area contributed by atoms with Crippen LogP contribution in [0.3, 0.4) is 0 Å². The van der Waals surface area contributed by atoms with E-state index < -0.39 is 0 Å². The summed E-state index contributed by atoms with van der Waals surface area (Å²) in [4.78, 5) is 30.2. The Morgan fingerprint density at radius 1 is 1.00 bits per heavy atom. The molecule has 3 N–H and O–H groups in total. The molecule has 0 aliphatic carbocycles. The van der Waals surface area contributed by atoms with Crippen LogP contribution in [0.1, 0.15) is 60.3 Å². The van der Waals surface area contributed by atoms with E-state index in [1.165, 1.54) is 50.9 Å². The number of amides is 1. The van der Waals surface area contributed by atoms with Gasteiger partial charge in [0.1, 0.15) is 11.6 Å². The Morgan fingerprint density at radius 2 is 1.67 bits per heavy atom. The summed E-state index contributed by atoms with van der Waals surface area (Å²) in [5, 5.41) is 14.7. The first-order valence-electron chi connectivity index (χ1n) is 12.0. The summed E-state index contributed by atoms with van der Waals surface area (Å²) in [7, 11) is 1.82. The van der Waals surface area contributed by atoms with Gasteiger partial charge in [0.25, 0.3) is 5.91 Å². The van der Waals surface area contributed by atoms with Crippen molar-refractivity contribution >= 4 is 23.3 Å². The van der Waals surface area contributed by atoms with Gasteiger partial charge in [0.05, 0.1) is 5.71 Å². The minimum atomic E-state index is -0.285. The quantitative estimate of drug-likeness (QED) is 0.530. The number of likely N-dealkylation sites (tertiary alicyclic amines) is 1. The zero-order valence-electron chi connectivity index (χ0n) is 19.4. The second kappa shape index (κ2) is 11.2. The molecule has 0 radical (unpaired) electrons. The molecule has 0 spiro atoms. The van der Waals surface area contributed by atoms with Gasteiger partial charge in [0.15, 0.2) is 0 Å². The Hall–Kier alpha value is -3.07. The summed E-state index contributed by atoms with van der Waals surface area (Å²) in [6.45, 7) is 5.67. The number of anilines is 2. The van der Waals surface area contributed by atoms with Crippen LogP contribution in [0.2, 0.25) is 0 Å². The van der Waals surface area contributed by atoms with E-state index in [2.05, 4.69) is 30.4 Å². The average Bonchev–Trinajstić information content (AvgIpc) is 3.23. The summed E-state index contributed by atoms with van der Waals surface area (Å²) in [6.07, 6.45) is 10.4. The Balaban J connectivity index is 1.40. The van der Waals surface area contributed by atoms with Crippen LogP contribution in [0.25, 0.3) is 0 Å². The zero-order chi connectivity index (χ0) is 23.0. The fourth-order valence-corrected chi connectivity index (χ4v) is 4.46. The van der Waals surface area contributed by atoms with E-state index in [-0.39, 0.29) is 17.4 Å². The highest BCUT2D eigenvalue weighted by Crippen LogP contribution is 2.23. The Bertz CT molecular complexity index is 947. The van der Waals surface area contributed by atoms with Crippen molar-refractivity contribution in [3.05, 3.63) is 41.5 Å². The van der Waals surface area contributed by atoms with Crippen molar-refractivity contribution in [2.45, 2.75) is 38.5 Å². The number of rotatable bonds is 8. The van der Waals surface area contributed by atoms with E-state index in [9.17, 15) is 4.79 Å². The molecule has 9 heteroatoms. The number of hydrogen-bond donors (Lipinski definition) is 3. The highest BCUT2D eigenvalue weighted by Gasteiger charge is 2.18. The largest absolute Gasteiger partial charge is 0.373 e. The molecule has 0 aromatic carbocycles. The van der Waals surface area contributed by atoms with Crippen LogP contribution in [0.4, 0.5) is 11.6 Å². The molecule has 33 heavy (non-hydrogen) atoms. The highest BCUT2D eigenvalue weighted by molar-refractivity contribution is 6.13. The fourth-order valence-electron chi connectivity index (χ4n) is 4.46. The van der Waals surface area contributed by atoms with E-state index in [4.69, 9.17) is 10.4 Å². The maximum atomic E-state index is 12.3. The lowest BCUT2D eigenvalue weighted by atomic mass is 10.1. The molecule has 4 heterocycles. The van der Waals surface area contributed by atoms with Crippen LogP contribution in [0.5, 0.6) is 0 Å². The number of pyridine rings is 1. The Morgan fingerprint density at radius 3 is 2.33 bits per heavy atom. The van der Waals surface area contributed by atoms with E-state index >= 15 is 0 Å². The summed E-state index contributed by atoms with van der Waals surface area (Å²) in [5.41, 5.74) is 1.50. The van der Waals surface area contributed by atoms with Gasteiger partial charge in [-0.05, 0) is 50.9 Å². The standard InChI is InChI=1S/C24H34N8O/c1-26-22-19(8-9-20(30-22)32-13-4-2-3-5-14-32)21(25)18-16-28-23(29-17-18)24(33)27-10-15-31-11-6-7-12-31/h8-9,16-17,25H,2-7,10-15H2,1H3,(H,26,30)(H,27,33). The fraction of sp³-hybridized carbons (Fsp3) is 0.542. The molecule has 2 fully saturated rings. The van der Waals surface area contributed by atoms with Crippen LogP contribution in [0.15, 0.2) is 24.5 Å². The molecule has 2 aromatic heterocycles. The molecule has 1 amide bonds. The number of hydrogen-bond acceptors (Lipinski definition) is 8. The molecule has 9 nitrogen and oxygen atoms in total. The molecule has 0 bridgehead atoms. The molecule has 2 saturated heterocycles. The third-order valence-corrected chi connectivity index (χ3v) is 6.37. The first-order chi connectivity index (χ1) is 16.2. The van der Waals surface area contributed by atoms with Gasteiger partial charge in [0.2, 0.25) is 5.82 Å². The first kappa shape index (κ1) is 23.1. The summed E-state index contributed by atoms with van der Waals surface area (Å²) in [5.74, 6) is 1.43. The number of carbonyl (C=O) groups excluding carboxylic acids is 1. The molecule has 176 valence electrons. The van der Waals surface area contributed by atoms with E-state index in [1.54, 1.807) is 0 Å². The van der Waals surface area contributed by atoms with Gasteiger partial charge in [-0.2, -0.15) is 0 Å². The van der Waals surface area contributed by atoms with E-state index in [1.807, 2.05) is 19.2 Å². The first-order valence-corrected chi connectivity index (χ1v) is 12.0. The Labute approximate surface area is 195 Å². The van der Waals surface area contributed by atoms with Gasteiger partial charge in [-0.15, -0.1) is 0 Å². The van der Waals surface area contributed by atoms with Crippen LogP contribution in [0, 0.1) is 5.41 Å². The lowest BCUT2D eigenvalue weighted by Gasteiger charge is -2.22. The monoisotopic (exact) mass is 450 g/mol. The van der Waals surface area contributed by atoms with Crippen LogP contribution < -0.4 is 15.5 Å². The van der Waals surface area contributed by atoms with E-state index in [0.29, 0.717) is 23.5 Å². The summed E-state index contributed by atoms with van der Waals surface area (Å²) in [6, 6.07) is 3.92. The van der Waals surface area contributed by atoms with Gasteiger partial charge >= 0.3 is 0 Å². The van der Waals surface area contributed by atoms with Crippen molar-refractivity contribution in [3.8, 4) is 0 Å². The highest BCUT2D eigenvalue weighted by atomic mass is 16.2. The predicted molar refractivity (Wildman–Crippen MR) is 130 cm³/mol. The van der Waals surface area contributed by atoms with Crippen molar-refractivity contribution in [1.29, 1.82) is 5.41 Å². The second-order valence-electron chi connectivity index (χ2n) is 8.69. The molecular formula is C24H34N8O. The topological polar surface area (TPSA) is 110 Å². The van der Waals surface area contributed by atoms with Crippen molar-refractivity contribution in [3.63, 3.8) is 0 Å². The average molecular weight is 451 g/mol. The van der Waals surface area contributed by atoms with Gasteiger partial charge in [-0.25, -0.2) is 15.0 Å². The van der Waals surface area contributed by atoms with Crippen molar-refractivity contribution in [2.24, 2.45) is 0 Å². The number of nitrogens with one attached hydrogen (secondary N) is 3. The maximum Gasteiger partial charge on any atom is 0.289 e. The van der Waals surface area contributed by atoms with Gasteiger partial charge in [-0.3, -0.25) is 10.2 Å². The predicted octanol–water partition coefficient (Wildman–Crippen LogP) is 2.54. The molecule has 4 rings (SSSR count). The van der Waals surface area contributed by atoms with Gasteiger partial charge in [-0.1, -0.05) is 12.8 Å². The second-order valence-corrected chi connectivity index (χ2v) is 8.69. The van der Waals surface area contributed by atoms with Gasteiger partial charge < -0.3 is 20.4 Å². The lowest BCUT2D eigenvalue weighted by molar-refractivity contribution is 0.0939. The lowest BCUT2D eigenvalue weighted by Crippen LogP contribution is -2.34. The van der Waals surface area contributed by atoms with Crippen molar-refractivity contribution in [2.75, 3.05) is 56.5 Å². The zero-order valence-corrected chi connectivity index (χ0v) is 19.4. The third-order valence-electron chi connectivity index (χ3n) is 6.37. The summed E-state index contributed by atoms with van der Waals surface area (Å²) >= 11 is 0. The molecule has 2 aliphatic heterocycles. The third kappa shape index (κ3) is 5.84. The number of nitrogens with zero attached hydrogens (tertiary/aromatic N) is 5. The van der Waals surface area contributed by atoms with Gasteiger partial charge in [0, 0.05) is 56.7 Å². The van der Waals surface area contributed by atoms with Crippen LogP contribution in [-0.2, 0) is 0 Å². The molecule has 0 unspecified atom stereocenters. The minimum Gasteiger partial charge on any atom is -0.373 e.